The molecule has 0 heteroatoms. The molecule has 0 aromatic heterocycles. The molecule has 170 valence electrons. The van der Waals surface area contributed by atoms with Crippen LogP contribution in [0.5, 0.6) is 0 Å². The van der Waals surface area contributed by atoms with Gasteiger partial charge in [0.25, 0.3) is 0 Å². The van der Waals surface area contributed by atoms with E-state index in [0.717, 1.165) is 0 Å². The maximum Gasteiger partial charge on any atom is -0.00649 e. The van der Waals surface area contributed by atoms with Crippen LogP contribution in [0.2, 0.25) is 0 Å². The van der Waals surface area contributed by atoms with Crippen molar-refractivity contribution in [3.8, 4) is 22.3 Å². The Kier molecular flexibility index (Phi) is 6.24. The largest absolute Gasteiger partial charge is 0.0447 e. The fourth-order valence-corrected chi connectivity index (χ4v) is 5.69. The average molecular weight is 427 g/mol. The van der Waals surface area contributed by atoms with Crippen molar-refractivity contribution in [3.63, 3.8) is 0 Å². The topological polar surface area (TPSA) is 0 Å². The Morgan fingerprint density at radius 1 is 0.156 bits per heavy atom. The smallest absolute Gasteiger partial charge is 0.00649 e. The molecule has 0 unspecified atom stereocenters. The van der Waals surface area contributed by atoms with Crippen LogP contribution in [0.15, 0.2) is 0 Å². The molecule has 0 saturated heterocycles. The summed E-state index contributed by atoms with van der Waals surface area (Å²) >= 11 is 0. The summed E-state index contributed by atoms with van der Waals surface area (Å²) in [5, 5.41) is 0. The van der Waals surface area contributed by atoms with Crippen LogP contribution in [0.1, 0.15) is 77.9 Å². The third-order valence-electron chi connectivity index (χ3n) is 9.19. The predicted molar refractivity (Wildman–Crippen MR) is 144 cm³/mol. The Balaban J connectivity index is 2.69. The number of benzene rings is 3. The molecule has 0 fully saturated rings. The molecule has 0 spiro atoms. The van der Waals surface area contributed by atoms with E-state index in [-0.39, 0.29) is 0 Å². The Labute approximate surface area is 197 Å². The molecular weight excluding hydrogens is 384 g/mol. The van der Waals surface area contributed by atoms with Crippen LogP contribution in [0.4, 0.5) is 0 Å². The van der Waals surface area contributed by atoms with Crippen molar-refractivity contribution >= 4 is 0 Å². The molecule has 0 aliphatic heterocycles. The first kappa shape index (κ1) is 24.3. The highest BCUT2D eigenvalue weighted by molar-refractivity contribution is 5.95. The third-order valence-corrected chi connectivity index (χ3v) is 9.19. The maximum atomic E-state index is 2.34. The van der Waals surface area contributed by atoms with E-state index in [9.17, 15) is 0 Å². The molecule has 3 rings (SSSR count). The zero-order chi connectivity index (χ0) is 24.4. The van der Waals surface area contributed by atoms with Gasteiger partial charge < -0.3 is 0 Å². The lowest BCUT2D eigenvalue weighted by atomic mass is 9.75. The fraction of sp³-hybridized carbons (Fsp3) is 0.438. The summed E-state index contributed by atoms with van der Waals surface area (Å²) in [6.45, 7) is 32.3. The Morgan fingerprint density at radius 3 is 0.469 bits per heavy atom. The van der Waals surface area contributed by atoms with E-state index in [4.69, 9.17) is 0 Å². The zero-order valence-electron chi connectivity index (χ0n) is 23.0. The van der Waals surface area contributed by atoms with Gasteiger partial charge in [0, 0.05) is 0 Å². The van der Waals surface area contributed by atoms with Gasteiger partial charge in [0.05, 0.1) is 0 Å². The number of hydrogen-bond acceptors (Lipinski definition) is 0. The van der Waals surface area contributed by atoms with Gasteiger partial charge in [0.2, 0.25) is 0 Å². The summed E-state index contributed by atoms with van der Waals surface area (Å²) in [6.07, 6.45) is 0. The highest BCUT2D eigenvalue weighted by atomic mass is 14.3. The van der Waals surface area contributed by atoms with Crippen molar-refractivity contribution < 1.29 is 0 Å². The van der Waals surface area contributed by atoms with E-state index in [2.05, 4.69) is 96.9 Å². The van der Waals surface area contributed by atoms with Gasteiger partial charge in [-0.15, -0.1) is 0 Å². The average Bonchev–Trinajstić information content (AvgIpc) is 2.77. The van der Waals surface area contributed by atoms with Gasteiger partial charge in [0.1, 0.15) is 0 Å². The highest BCUT2D eigenvalue weighted by Crippen LogP contribution is 2.47. The minimum atomic E-state index is 1.42. The number of rotatable bonds is 2. The van der Waals surface area contributed by atoms with Gasteiger partial charge in [-0.05, 0) is 197 Å². The molecule has 32 heavy (non-hydrogen) atoms. The molecule has 0 radical (unpaired) electrons. The molecule has 0 aliphatic carbocycles. The van der Waals surface area contributed by atoms with E-state index < -0.39 is 0 Å². The Bertz CT molecular complexity index is 1120. The van der Waals surface area contributed by atoms with Gasteiger partial charge in [0.15, 0.2) is 0 Å². The van der Waals surface area contributed by atoms with E-state index in [1.54, 1.807) is 0 Å². The van der Waals surface area contributed by atoms with Crippen LogP contribution in [-0.4, -0.2) is 0 Å². The molecule has 0 atom stereocenters. The van der Waals surface area contributed by atoms with Crippen LogP contribution in [0.25, 0.3) is 22.3 Å². The van der Waals surface area contributed by atoms with Gasteiger partial charge in [-0.25, -0.2) is 0 Å². The van der Waals surface area contributed by atoms with E-state index in [1.807, 2.05) is 0 Å². The summed E-state index contributed by atoms with van der Waals surface area (Å²) in [7, 11) is 0. The summed E-state index contributed by atoms with van der Waals surface area (Å²) in [6, 6.07) is 0. The minimum Gasteiger partial charge on any atom is -0.0447 e. The van der Waals surface area contributed by atoms with Crippen LogP contribution >= 0.6 is 0 Å². The lowest BCUT2D eigenvalue weighted by Gasteiger charge is -2.29. The summed E-state index contributed by atoms with van der Waals surface area (Å²) < 4.78 is 0. The highest BCUT2D eigenvalue weighted by Gasteiger charge is 2.25. The summed E-state index contributed by atoms with van der Waals surface area (Å²) in [4.78, 5) is 0. The van der Waals surface area contributed by atoms with Crippen molar-refractivity contribution in [2.45, 2.75) is 96.9 Å². The molecule has 0 nitrogen and oxygen atoms in total. The lowest BCUT2D eigenvalue weighted by molar-refractivity contribution is 1.15. The molecule has 0 bridgehead atoms. The molecule has 0 aliphatic rings. The standard InChI is InChI=1S/C32H42/c1-15-17(3)23(9)29(24(10)18(15)4)31-27(13)21(7)22(8)28(14)32(31)30-25(11)19(5)16(2)20(6)26(30)12/h1-14H3. The van der Waals surface area contributed by atoms with Crippen LogP contribution in [0, 0.1) is 96.9 Å². The molecule has 0 N–H and O–H groups in total. The molecule has 0 amide bonds. The van der Waals surface area contributed by atoms with Crippen molar-refractivity contribution in [1.82, 2.24) is 0 Å². The first-order valence-corrected chi connectivity index (χ1v) is 12.0. The second-order valence-corrected chi connectivity index (χ2v) is 10.2. The third kappa shape index (κ3) is 3.26. The molecule has 0 saturated carbocycles. The first-order valence-electron chi connectivity index (χ1n) is 12.0. The van der Waals surface area contributed by atoms with E-state index >= 15 is 0 Å². The Morgan fingerprint density at radius 2 is 0.281 bits per heavy atom. The van der Waals surface area contributed by atoms with E-state index in [0.29, 0.717) is 0 Å². The van der Waals surface area contributed by atoms with E-state index in [1.165, 1.54) is 100 Å². The van der Waals surface area contributed by atoms with Crippen molar-refractivity contribution in [2.75, 3.05) is 0 Å². The second-order valence-electron chi connectivity index (χ2n) is 10.2. The van der Waals surface area contributed by atoms with Crippen molar-refractivity contribution in [1.29, 1.82) is 0 Å². The van der Waals surface area contributed by atoms with Crippen molar-refractivity contribution in [3.05, 3.63) is 77.9 Å². The molecular formula is C32H42. The molecule has 3 aromatic rings. The maximum absolute atomic E-state index is 2.34. The second kappa shape index (κ2) is 8.22. The quantitative estimate of drug-likeness (QED) is 0.383. The minimum absolute atomic E-state index is 1.42. The predicted octanol–water partition coefficient (Wildman–Crippen LogP) is 9.34. The van der Waals surface area contributed by atoms with Crippen LogP contribution < -0.4 is 0 Å². The van der Waals surface area contributed by atoms with Gasteiger partial charge in [-0.3, -0.25) is 0 Å². The van der Waals surface area contributed by atoms with Gasteiger partial charge in [-0.1, -0.05) is 0 Å². The fourth-order valence-electron chi connectivity index (χ4n) is 5.69. The summed E-state index contributed by atoms with van der Waals surface area (Å²) in [5.41, 5.74) is 25.7. The number of hydrogen-bond donors (Lipinski definition) is 0. The summed E-state index contributed by atoms with van der Waals surface area (Å²) in [5.74, 6) is 0. The van der Waals surface area contributed by atoms with Crippen LogP contribution in [-0.2, 0) is 0 Å². The molecule has 3 aromatic carbocycles. The normalized spacial score (nSPS) is 11.4. The van der Waals surface area contributed by atoms with Crippen molar-refractivity contribution in [2.24, 2.45) is 0 Å². The first-order chi connectivity index (χ1) is 14.7. The van der Waals surface area contributed by atoms with Crippen LogP contribution in [0.3, 0.4) is 0 Å². The SMILES string of the molecule is Cc1c(C)c(C)c(-c2c(C)c(C)c(C)c(C)c2-c2c(C)c(C)c(C)c(C)c2C)c(C)c1C. The molecule has 0 heterocycles. The lowest BCUT2D eigenvalue weighted by Crippen LogP contribution is -2.08. The van der Waals surface area contributed by atoms with Gasteiger partial charge >= 0.3 is 0 Å². The Hall–Kier alpha value is -2.34. The zero-order valence-corrected chi connectivity index (χ0v) is 23.0. The van der Waals surface area contributed by atoms with Gasteiger partial charge in [-0.2, -0.15) is 0 Å². The monoisotopic (exact) mass is 426 g/mol.